The predicted molar refractivity (Wildman–Crippen MR) is 100 cm³/mol. The number of carbonyl (C=O) groups is 2. The molecule has 0 aliphatic rings. The molecule has 0 fully saturated rings. The molecule has 1 aromatic carbocycles. The summed E-state index contributed by atoms with van der Waals surface area (Å²) >= 11 is 0. The minimum Gasteiger partial charge on any atom is -0.476 e. The number of esters is 1. The van der Waals surface area contributed by atoms with E-state index >= 15 is 0 Å². The predicted octanol–water partition coefficient (Wildman–Crippen LogP) is 3.82. The van der Waals surface area contributed by atoms with Crippen LogP contribution in [0.4, 0.5) is 4.79 Å². The largest absolute Gasteiger partial charge is 0.476 e. The van der Waals surface area contributed by atoms with Crippen molar-refractivity contribution in [3.63, 3.8) is 0 Å². The first-order chi connectivity index (χ1) is 11.9. The number of amides is 1. The van der Waals surface area contributed by atoms with Crippen molar-refractivity contribution < 1.29 is 23.8 Å². The highest BCUT2D eigenvalue weighted by Crippen LogP contribution is 2.20. The summed E-state index contributed by atoms with van der Waals surface area (Å²) in [6.07, 6.45) is 0.353. The Bertz CT molecular complexity index is 602. The van der Waals surface area contributed by atoms with Crippen LogP contribution >= 0.6 is 0 Å². The quantitative estimate of drug-likeness (QED) is 0.687. The minimum atomic E-state index is -1.05. The number of hydrogen-bond donors (Lipinski definition) is 0. The molecule has 0 atom stereocenters. The van der Waals surface area contributed by atoms with Gasteiger partial charge in [-0.2, -0.15) is 0 Å². The van der Waals surface area contributed by atoms with Crippen molar-refractivity contribution in [3.8, 4) is 5.75 Å². The van der Waals surface area contributed by atoms with E-state index in [-0.39, 0.29) is 6.09 Å². The molecule has 26 heavy (non-hydrogen) atoms. The van der Waals surface area contributed by atoms with Crippen LogP contribution < -0.4 is 4.74 Å². The highest BCUT2D eigenvalue weighted by Gasteiger charge is 2.31. The van der Waals surface area contributed by atoms with Crippen LogP contribution in [0.3, 0.4) is 0 Å². The molecule has 0 radical (unpaired) electrons. The van der Waals surface area contributed by atoms with Crippen LogP contribution in [-0.2, 0) is 20.7 Å². The van der Waals surface area contributed by atoms with E-state index < -0.39 is 17.2 Å². The molecule has 1 amide bonds. The maximum Gasteiger partial charge on any atom is 0.410 e. The molecule has 6 nitrogen and oxygen atoms in total. The Morgan fingerprint density at radius 3 is 2.12 bits per heavy atom. The van der Waals surface area contributed by atoms with Gasteiger partial charge in [-0.1, -0.05) is 12.1 Å². The maximum absolute atomic E-state index is 11.9. The minimum absolute atomic E-state index is 0.315. The Labute approximate surface area is 156 Å². The van der Waals surface area contributed by atoms with E-state index in [1.54, 1.807) is 32.7 Å². The van der Waals surface area contributed by atoms with Crippen LogP contribution in [0.2, 0.25) is 0 Å². The summed E-state index contributed by atoms with van der Waals surface area (Å²) in [5, 5.41) is 0. The molecule has 0 bridgehead atoms. The van der Waals surface area contributed by atoms with E-state index in [2.05, 4.69) is 0 Å². The Morgan fingerprint density at radius 2 is 1.62 bits per heavy atom. The summed E-state index contributed by atoms with van der Waals surface area (Å²) in [5.41, 5.74) is -0.494. The van der Waals surface area contributed by atoms with Gasteiger partial charge in [-0.15, -0.1) is 0 Å². The van der Waals surface area contributed by atoms with Crippen molar-refractivity contribution in [2.24, 2.45) is 0 Å². The summed E-state index contributed by atoms with van der Waals surface area (Å²) < 4.78 is 16.1. The highest BCUT2D eigenvalue weighted by atomic mass is 16.6. The molecule has 0 saturated carbocycles. The number of rotatable bonds is 7. The maximum atomic E-state index is 11.9. The molecule has 0 heterocycles. The first kappa shape index (κ1) is 21.8. The summed E-state index contributed by atoms with van der Waals surface area (Å²) in [5.74, 6) is 0.190. The summed E-state index contributed by atoms with van der Waals surface area (Å²) in [6, 6.07) is 7.45. The molecular weight excluding hydrogens is 334 g/mol. The fraction of sp³-hybridized carbons (Fsp3) is 0.600. The third-order valence-electron chi connectivity index (χ3n) is 3.50. The number of likely N-dealkylation sites (N-methyl/N-ethyl adjacent to an activating group) is 1. The number of nitrogens with zero attached hydrogens (tertiary/aromatic N) is 1. The molecule has 0 saturated heterocycles. The fourth-order valence-corrected chi connectivity index (χ4v) is 2.09. The normalized spacial score (nSPS) is 11.7. The molecule has 6 heteroatoms. The lowest BCUT2D eigenvalue weighted by atomic mass is 10.1. The zero-order chi connectivity index (χ0) is 20.0. The molecule has 1 rings (SSSR count). The first-order valence-corrected chi connectivity index (χ1v) is 8.84. The molecule has 0 N–H and O–H groups in total. The Hall–Kier alpha value is -2.24. The van der Waals surface area contributed by atoms with Gasteiger partial charge in [0, 0.05) is 13.6 Å². The Balaban J connectivity index is 2.57. The average molecular weight is 365 g/mol. The topological polar surface area (TPSA) is 65.1 Å². The van der Waals surface area contributed by atoms with Crippen LogP contribution in [0.25, 0.3) is 0 Å². The second-order valence-corrected chi connectivity index (χ2v) is 7.63. The van der Waals surface area contributed by atoms with Crippen molar-refractivity contribution >= 4 is 12.1 Å². The van der Waals surface area contributed by atoms with E-state index in [0.29, 0.717) is 25.3 Å². The van der Waals surface area contributed by atoms with Crippen molar-refractivity contribution in [2.75, 3.05) is 20.2 Å². The third kappa shape index (κ3) is 7.33. The monoisotopic (exact) mass is 365 g/mol. The van der Waals surface area contributed by atoms with Crippen LogP contribution in [-0.4, -0.2) is 48.4 Å². The van der Waals surface area contributed by atoms with Crippen molar-refractivity contribution in [1.82, 2.24) is 4.90 Å². The number of carbonyl (C=O) groups excluding carboxylic acids is 2. The second-order valence-electron chi connectivity index (χ2n) is 7.63. The molecule has 0 aromatic heterocycles. The van der Waals surface area contributed by atoms with E-state index in [9.17, 15) is 9.59 Å². The Morgan fingerprint density at radius 1 is 1.04 bits per heavy atom. The molecule has 1 aromatic rings. The molecular formula is C20H31NO5. The number of hydrogen-bond acceptors (Lipinski definition) is 5. The lowest BCUT2D eigenvalue weighted by molar-refractivity contribution is -0.158. The van der Waals surface area contributed by atoms with Gasteiger partial charge in [0.05, 0.1) is 6.61 Å². The lowest BCUT2D eigenvalue weighted by Crippen LogP contribution is -2.39. The van der Waals surface area contributed by atoms with E-state index in [1.165, 1.54) is 0 Å². The number of ether oxygens (including phenoxy) is 3. The van der Waals surface area contributed by atoms with Crippen molar-refractivity contribution in [1.29, 1.82) is 0 Å². The standard InChI is InChI=1S/C20H31NO5/c1-8-24-17(22)20(5,6)25-16-11-9-15(10-12-16)13-14-21(7)18(23)26-19(2,3)4/h9-12H,8,13-14H2,1-7H3. The van der Waals surface area contributed by atoms with Crippen LogP contribution in [0.5, 0.6) is 5.75 Å². The van der Waals surface area contributed by atoms with Gasteiger partial charge in [-0.25, -0.2) is 9.59 Å². The summed E-state index contributed by atoms with van der Waals surface area (Å²) in [4.78, 5) is 25.4. The van der Waals surface area contributed by atoms with Crippen molar-refractivity contribution in [2.45, 2.75) is 59.2 Å². The van der Waals surface area contributed by atoms with Gasteiger partial charge < -0.3 is 19.1 Å². The molecule has 0 aliphatic heterocycles. The van der Waals surface area contributed by atoms with Crippen molar-refractivity contribution in [3.05, 3.63) is 29.8 Å². The lowest BCUT2D eigenvalue weighted by Gasteiger charge is -2.25. The molecule has 0 aliphatic carbocycles. The van der Waals surface area contributed by atoms with Gasteiger partial charge in [0.25, 0.3) is 0 Å². The van der Waals surface area contributed by atoms with E-state index in [1.807, 2.05) is 45.0 Å². The van der Waals surface area contributed by atoms with Gasteiger partial charge >= 0.3 is 12.1 Å². The molecule has 0 unspecified atom stereocenters. The average Bonchev–Trinajstić information content (AvgIpc) is 2.52. The SMILES string of the molecule is CCOC(=O)C(C)(C)Oc1ccc(CCN(C)C(=O)OC(C)(C)C)cc1. The summed E-state index contributed by atoms with van der Waals surface area (Å²) in [7, 11) is 1.72. The van der Waals surface area contributed by atoms with Gasteiger partial charge in [-0.3, -0.25) is 0 Å². The van der Waals surface area contributed by atoms with Gasteiger partial charge in [0.2, 0.25) is 0 Å². The fourth-order valence-electron chi connectivity index (χ4n) is 2.09. The van der Waals surface area contributed by atoms with E-state index in [0.717, 1.165) is 5.56 Å². The first-order valence-electron chi connectivity index (χ1n) is 8.84. The second kappa shape index (κ2) is 8.92. The van der Waals surface area contributed by atoms with Gasteiger partial charge in [0.15, 0.2) is 5.60 Å². The zero-order valence-corrected chi connectivity index (χ0v) is 16.9. The third-order valence-corrected chi connectivity index (χ3v) is 3.50. The van der Waals surface area contributed by atoms with Gasteiger partial charge in [-0.05, 0) is 65.7 Å². The molecule has 146 valence electrons. The van der Waals surface area contributed by atoms with Crippen LogP contribution in [0.15, 0.2) is 24.3 Å². The zero-order valence-electron chi connectivity index (χ0n) is 16.9. The number of benzene rings is 1. The highest BCUT2D eigenvalue weighted by molar-refractivity contribution is 5.79. The van der Waals surface area contributed by atoms with Gasteiger partial charge in [0.1, 0.15) is 11.4 Å². The van der Waals surface area contributed by atoms with Crippen LogP contribution in [0, 0.1) is 0 Å². The smallest absolute Gasteiger partial charge is 0.410 e. The van der Waals surface area contributed by atoms with E-state index in [4.69, 9.17) is 14.2 Å². The molecule has 0 spiro atoms. The van der Waals surface area contributed by atoms with Crippen LogP contribution in [0.1, 0.15) is 47.1 Å². The summed E-state index contributed by atoms with van der Waals surface area (Å²) in [6.45, 7) is 11.5. The Kier molecular flexibility index (Phi) is 7.48.